The fraction of sp³-hybridized carbons (Fsp3) is 0.438. The maximum absolute atomic E-state index is 13.4. The zero-order valence-electron chi connectivity index (χ0n) is 23.9. The summed E-state index contributed by atoms with van der Waals surface area (Å²) in [6, 6.07) is 14.8. The van der Waals surface area contributed by atoms with Crippen molar-refractivity contribution in [2.45, 2.75) is 31.5 Å². The van der Waals surface area contributed by atoms with Gasteiger partial charge in [-0.15, -0.1) is 0 Å². The molecule has 0 radical (unpaired) electrons. The Morgan fingerprint density at radius 2 is 1.66 bits per heavy atom. The summed E-state index contributed by atoms with van der Waals surface area (Å²) in [6.07, 6.45) is 7.44. The van der Waals surface area contributed by atoms with Gasteiger partial charge in [0.15, 0.2) is 12.0 Å². The van der Waals surface area contributed by atoms with Gasteiger partial charge < -0.3 is 31.0 Å². The predicted octanol–water partition coefficient (Wildman–Crippen LogP) is 3.39. The summed E-state index contributed by atoms with van der Waals surface area (Å²) >= 11 is 0. The monoisotopic (exact) mass is 555 g/mol. The topological polar surface area (TPSA) is 96.0 Å². The molecule has 2 saturated heterocycles. The quantitative estimate of drug-likeness (QED) is 0.371. The molecule has 1 unspecified atom stereocenters. The van der Waals surface area contributed by atoms with Crippen molar-refractivity contribution in [3.8, 4) is 0 Å². The molecule has 9 nitrogen and oxygen atoms in total. The van der Waals surface area contributed by atoms with Gasteiger partial charge in [-0.2, -0.15) is 0 Å². The Hall–Kier alpha value is -3.82. The van der Waals surface area contributed by atoms with Crippen molar-refractivity contribution in [3.63, 3.8) is 0 Å². The van der Waals surface area contributed by atoms with Crippen LogP contribution >= 0.6 is 0 Å². The van der Waals surface area contributed by atoms with Crippen molar-refractivity contribution in [1.29, 1.82) is 5.41 Å². The number of rotatable bonds is 8. The summed E-state index contributed by atoms with van der Waals surface area (Å²) in [6.45, 7) is 8.08. The predicted molar refractivity (Wildman–Crippen MR) is 163 cm³/mol. The summed E-state index contributed by atoms with van der Waals surface area (Å²) < 4.78 is 5.26. The van der Waals surface area contributed by atoms with Gasteiger partial charge in [0.05, 0.1) is 18.5 Å². The van der Waals surface area contributed by atoms with E-state index in [-0.39, 0.29) is 5.91 Å². The van der Waals surface area contributed by atoms with E-state index in [0.717, 1.165) is 94.6 Å². The molecular weight excluding hydrogens is 514 g/mol. The molecule has 41 heavy (non-hydrogen) atoms. The number of nitrogens with one attached hydrogen (secondary N) is 4. The number of amides is 1. The Labute approximate surface area is 242 Å². The zero-order chi connectivity index (χ0) is 28.2. The standard InChI is InChI=1S/C32H41N7O2/c1-41-30-9-6-25(20-34-30)22-37-12-10-26(11-13-37)27-7-8-28-29(18-27)36-31(35-28)32(40)39-16-14-38(15-17-39)21-24-4-2-23(19-33)3-5-24/h2-9,18-19,26,31,33-36H,10-17,20-22H2,1H3. The number of anilines is 2. The van der Waals surface area contributed by atoms with Crippen LogP contribution in [0.1, 0.15) is 35.4 Å². The number of likely N-dealkylation sites (tertiary alicyclic amines) is 1. The fourth-order valence-electron chi connectivity index (χ4n) is 6.29. The molecule has 1 atom stereocenters. The van der Waals surface area contributed by atoms with Crippen molar-refractivity contribution < 1.29 is 9.53 Å². The molecule has 2 aromatic carbocycles. The highest BCUT2D eigenvalue weighted by atomic mass is 16.5. The summed E-state index contributed by atoms with van der Waals surface area (Å²) in [4.78, 5) is 20.3. The number of methoxy groups -OCH3 is 1. The summed E-state index contributed by atoms with van der Waals surface area (Å²) in [5.41, 5.74) is 6.96. The second-order valence-electron chi connectivity index (χ2n) is 11.5. The SMILES string of the molecule is COC1=CC=C(CN2CCC(c3ccc4c(c3)NC(C(=O)N3CCN(Cc5ccc(C=N)cc5)CC3)N4)CC2)CN1. The second kappa shape index (κ2) is 12.4. The molecule has 0 aromatic heterocycles. The molecule has 2 aromatic rings. The first-order valence-electron chi connectivity index (χ1n) is 14.8. The van der Waals surface area contributed by atoms with Crippen LogP contribution in [-0.2, 0) is 16.1 Å². The van der Waals surface area contributed by atoms with Gasteiger partial charge >= 0.3 is 0 Å². The van der Waals surface area contributed by atoms with Gasteiger partial charge in [0, 0.05) is 52.0 Å². The minimum Gasteiger partial charge on any atom is -0.483 e. The maximum atomic E-state index is 13.4. The fourth-order valence-corrected chi connectivity index (χ4v) is 6.29. The van der Waals surface area contributed by atoms with E-state index in [0.29, 0.717) is 5.92 Å². The molecule has 0 saturated carbocycles. The van der Waals surface area contributed by atoms with Crippen molar-refractivity contribution >= 4 is 23.5 Å². The molecule has 0 spiro atoms. The van der Waals surface area contributed by atoms with E-state index in [1.54, 1.807) is 7.11 Å². The van der Waals surface area contributed by atoms with E-state index in [2.05, 4.69) is 62.2 Å². The van der Waals surface area contributed by atoms with Crippen molar-refractivity contribution in [2.75, 3.05) is 70.1 Å². The van der Waals surface area contributed by atoms with E-state index in [4.69, 9.17) is 10.1 Å². The van der Waals surface area contributed by atoms with Crippen LogP contribution in [0.15, 0.2) is 66.1 Å². The van der Waals surface area contributed by atoms with E-state index in [1.807, 2.05) is 23.1 Å². The van der Waals surface area contributed by atoms with Gasteiger partial charge in [-0.25, -0.2) is 0 Å². The van der Waals surface area contributed by atoms with Crippen LogP contribution in [0.25, 0.3) is 0 Å². The van der Waals surface area contributed by atoms with E-state index in [9.17, 15) is 4.79 Å². The number of carbonyl (C=O) groups excluding carboxylic acids is 1. The van der Waals surface area contributed by atoms with Gasteiger partial charge in [0.1, 0.15) is 0 Å². The lowest BCUT2D eigenvalue weighted by Gasteiger charge is -2.36. The maximum Gasteiger partial charge on any atom is 0.265 e. The van der Waals surface area contributed by atoms with Gasteiger partial charge in [-0.3, -0.25) is 14.6 Å². The van der Waals surface area contributed by atoms with Crippen molar-refractivity contribution in [1.82, 2.24) is 20.0 Å². The molecule has 4 aliphatic heterocycles. The molecule has 9 heteroatoms. The van der Waals surface area contributed by atoms with Crippen LogP contribution in [-0.4, -0.2) is 92.5 Å². The minimum atomic E-state index is -0.410. The Balaban J connectivity index is 0.970. The molecule has 4 aliphatic rings. The van der Waals surface area contributed by atoms with Crippen LogP contribution < -0.4 is 16.0 Å². The number of ether oxygens (including phenoxy) is 1. The number of piperazine rings is 1. The minimum absolute atomic E-state index is 0.116. The highest BCUT2D eigenvalue weighted by molar-refractivity contribution is 5.93. The van der Waals surface area contributed by atoms with Crippen LogP contribution in [0, 0.1) is 5.41 Å². The summed E-state index contributed by atoms with van der Waals surface area (Å²) in [5, 5.41) is 17.6. The number of benzene rings is 2. The second-order valence-corrected chi connectivity index (χ2v) is 11.5. The molecule has 216 valence electrons. The third-order valence-electron chi connectivity index (χ3n) is 8.79. The van der Waals surface area contributed by atoms with Crippen LogP contribution in [0.3, 0.4) is 0 Å². The van der Waals surface area contributed by atoms with Crippen LogP contribution in [0.2, 0.25) is 0 Å². The average Bonchev–Trinajstić information content (AvgIpc) is 3.46. The Kier molecular flexibility index (Phi) is 8.25. The molecule has 6 rings (SSSR count). The largest absolute Gasteiger partial charge is 0.483 e. The van der Waals surface area contributed by atoms with E-state index < -0.39 is 6.17 Å². The van der Waals surface area contributed by atoms with Gasteiger partial charge in [-0.05, 0) is 72.3 Å². The normalized spacial score (nSPS) is 21.6. The van der Waals surface area contributed by atoms with Crippen LogP contribution in [0.5, 0.6) is 0 Å². The number of hydrogen-bond acceptors (Lipinski definition) is 8. The average molecular weight is 556 g/mol. The molecule has 2 fully saturated rings. The molecule has 4 N–H and O–H groups in total. The number of carbonyl (C=O) groups is 1. The number of dihydropyridines is 1. The lowest BCUT2D eigenvalue weighted by Crippen LogP contribution is -2.53. The lowest BCUT2D eigenvalue weighted by molar-refractivity contribution is -0.133. The van der Waals surface area contributed by atoms with Gasteiger partial charge in [0.25, 0.3) is 5.91 Å². The number of piperidine rings is 1. The Morgan fingerprint density at radius 1 is 0.927 bits per heavy atom. The third-order valence-corrected chi connectivity index (χ3v) is 8.79. The molecule has 1 amide bonds. The van der Waals surface area contributed by atoms with Gasteiger partial charge in [0.2, 0.25) is 0 Å². The molecule has 4 heterocycles. The van der Waals surface area contributed by atoms with E-state index >= 15 is 0 Å². The third kappa shape index (κ3) is 6.41. The first-order chi connectivity index (χ1) is 20.1. The van der Waals surface area contributed by atoms with Crippen molar-refractivity contribution in [2.24, 2.45) is 0 Å². The highest BCUT2D eigenvalue weighted by Crippen LogP contribution is 2.36. The number of fused-ring (bicyclic) bond motifs is 1. The summed E-state index contributed by atoms with van der Waals surface area (Å²) in [5.74, 6) is 1.49. The summed E-state index contributed by atoms with van der Waals surface area (Å²) in [7, 11) is 1.69. The Morgan fingerprint density at radius 3 is 2.34 bits per heavy atom. The number of allylic oxidation sites excluding steroid dienone is 2. The van der Waals surface area contributed by atoms with Crippen LogP contribution in [0.4, 0.5) is 11.4 Å². The number of nitrogens with zero attached hydrogens (tertiary/aromatic N) is 3. The smallest absolute Gasteiger partial charge is 0.265 e. The number of hydrogen-bond donors (Lipinski definition) is 4. The molecule has 0 bridgehead atoms. The lowest BCUT2D eigenvalue weighted by atomic mass is 9.89. The van der Waals surface area contributed by atoms with Gasteiger partial charge in [-0.1, -0.05) is 36.4 Å². The zero-order valence-corrected chi connectivity index (χ0v) is 23.9. The van der Waals surface area contributed by atoms with E-state index in [1.165, 1.54) is 22.9 Å². The molecular formula is C32H41N7O2. The Bertz CT molecular complexity index is 1310. The van der Waals surface area contributed by atoms with Crippen molar-refractivity contribution in [3.05, 3.63) is 82.8 Å². The first-order valence-corrected chi connectivity index (χ1v) is 14.8. The molecule has 0 aliphatic carbocycles. The highest BCUT2D eigenvalue weighted by Gasteiger charge is 2.32. The first kappa shape index (κ1) is 27.4.